The molecule has 0 spiro atoms. The number of likely N-dealkylation sites (tertiary alicyclic amines) is 1. The Morgan fingerprint density at radius 3 is 2.54 bits per heavy atom. The Morgan fingerprint density at radius 2 is 1.83 bits per heavy atom. The van der Waals surface area contributed by atoms with Gasteiger partial charge in [0, 0.05) is 41.1 Å². The highest BCUT2D eigenvalue weighted by Crippen LogP contribution is 2.36. The molecule has 220 valence electrons. The van der Waals surface area contributed by atoms with Gasteiger partial charge in [0.05, 0.1) is 32.8 Å². The first-order valence-electron chi connectivity index (χ1n) is 14.4. The predicted octanol–water partition coefficient (Wildman–Crippen LogP) is 5.32. The van der Waals surface area contributed by atoms with Gasteiger partial charge in [-0.15, -0.1) is 0 Å². The molecule has 2 aromatic carbocycles. The Hall–Kier alpha value is -3.04. The monoisotopic (exact) mass is 624 g/mol. The van der Waals surface area contributed by atoms with Gasteiger partial charge in [-0.05, 0) is 74.5 Å². The molecule has 2 unspecified atom stereocenters. The van der Waals surface area contributed by atoms with E-state index in [1.807, 2.05) is 54.0 Å². The molecule has 8 nitrogen and oxygen atoms in total. The van der Waals surface area contributed by atoms with Gasteiger partial charge in [0.1, 0.15) is 22.7 Å². The normalized spacial score (nSPS) is 23.0. The Bertz CT molecular complexity index is 1430. The highest BCUT2D eigenvalue weighted by molar-refractivity contribution is 9.10. The zero-order chi connectivity index (χ0) is 29.3. The van der Waals surface area contributed by atoms with Gasteiger partial charge in [-0.25, -0.2) is 0 Å². The number of halogens is 1. The van der Waals surface area contributed by atoms with Crippen LogP contribution in [0.3, 0.4) is 0 Å². The summed E-state index contributed by atoms with van der Waals surface area (Å²) in [5.41, 5.74) is 1.13. The van der Waals surface area contributed by atoms with Crippen LogP contribution in [0, 0.1) is 11.8 Å². The lowest BCUT2D eigenvalue weighted by Crippen LogP contribution is -2.63. The zero-order valence-electron chi connectivity index (χ0n) is 24.7. The van der Waals surface area contributed by atoms with Gasteiger partial charge in [0.2, 0.25) is 5.91 Å². The first kappa shape index (κ1) is 29.5. The molecular weight excluding hydrogens is 584 g/mol. The summed E-state index contributed by atoms with van der Waals surface area (Å²) in [6.07, 6.45) is 2.14. The number of amides is 2. The molecule has 3 aromatic rings. The number of piperidine rings is 1. The number of hydrogen-bond acceptors (Lipinski definition) is 5. The molecule has 41 heavy (non-hydrogen) atoms. The molecular formula is C32H41BrN4O4. The summed E-state index contributed by atoms with van der Waals surface area (Å²) in [7, 11) is 3.24. The summed E-state index contributed by atoms with van der Waals surface area (Å²) in [5.74, 6) is 2.43. The summed E-state index contributed by atoms with van der Waals surface area (Å²) in [6, 6.07) is 13.4. The fourth-order valence-corrected chi connectivity index (χ4v) is 7.02. The average Bonchev–Trinajstić information content (AvgIpc) is 3.30. The van der Waals surface area contributed by atoms with Crippen LogP contribution in [0.4, 0.5) is 0 Å². The number of hydrogen-bond donors (Lipinski definition) is 1. The predicted molar refractivity (Wildman–Crippen MR) is 164 cm³/mol. The molecule has 2 aliphatic heterocycles. The lowest BCUT2D eigenvalue weighted by molar-refractivity contribution is -0.133. The minimum Gasteiger partial charge on any atom is -0.497 e. The Kier molecular flexibility index (Phi) is 8.66. The standard InChI is InChI=1S/C32H41BrN4O4/c1-21-13-22(2)18-35(17-21)12-6-11-34-31(39)32(3)20-36-27-16-26(40-4)9-7-23(27)15-28(36)30(38)37(32)19-24-14-25(33)8-10-29(24)41-5/h7-10,14-16,21-22H,6,11-13,17-20H2,1-5H3,(H,34,39)/t21?,22?,32-/m1/s1. The van der Waals surface area contributed by atoms with Gasteiger partial charge >= 0.3 is 0 Å². The van der Waals surface area contributed by atoms with Crippen LogP contribution < -0.4 is 14.8 Å². The minimum absolute atomic E-state index is 0.157. The number of benzene rings is 2. The van der Waals surface area contributed by atoms with Crippen molar-refractivity contribution < 1.29 is 19.1 Å². The van der Waals surface area contributed by atoms with Crippen LogP contribution in [0.25, 0.3) is 10.9 Å². The largest absolute Gasteiger partial charge is 0.497 e. The quantitative estimate of drug-likeness (QED) is 0.326. The van der Waals surface area contributed by atoms with E-state index < -0.39 is 5.54 Å². The molecule has 1 fully saturated rings. The van der Waals surface area contributed by atoms with E-state index in [4.69, 9.17) is 9.47 Å². The van der Waals surface area contributed by atoms with E-state index in [0.717, 1.165) is 47.0 Å². The number of nitrogens with zero attached hydrogens (tertiary/aromatic N) is 3. The SMILES string of the molecule is COc1ccc2cc3n(c2c1)C[C@](C)(C(=O)NCCCN1CC(C)CC(C)C1)N(Cc1cc(Br)ccc1OC)C3=O. The van der Waals surface area contributed by atoms with E-state index >= 15 is 0 Å². The van der Waals surface area contributed by atoms with E-state index in [1.165, 1.54) is 6.42 Å². The van der Waals surface area contributed by atoms with Gasteiger partial charge in [-0.3, -0.25) is 9.59 Å². The van der Waals surface area contributed by atoms with Gasteiger partial charge in [0.15, 0.2) is 0 Å². The van der Waals surface area contributed by atoms with E-state index in [2.05, 4.69) is 40.0 Å². The highest BCUT2D eigenvalue weighted by atomic mass is 79.9. The number of nitrogens with one attached hydrogen (secondary N) is 1. The molecule has 0 saturated carbocycles. The smallest absolute Gasteiger partial charge is 0.271 e. The summed E-state index contributed by atoms with van der Waals surface area (Å²) >= 11 is 3.55. The number of ether oxygens (including phenoxy) is 2. The lowest BCUT2D eigenvalue weighted by atomic mass is 9.92. The van der Waals surface area contributed by atoms with Crippen LogP contribution in [0.2, 0.25) is 0 Å². The maximum absolute atomic E-state index is 14.2. The number of carbonyl (C=O) groups is 2. The molecule has 1 saturated heterocycles. The van der Waals surface area contributed by atoms with Crippen molar-refractivity contribution in [1.29, 1.82) is 0 Å². The van der Waals surface area contributed by atoms with Crippen LogP contribution in [-0.2, 0) is 17.9 Å². The average molecular weight is 626 g/mol. The van der Waals surface area contributed by atoms with Crippen LogP contribution in [0.5, 0.6) is 11.5 Å². The number of rotatable bonds is 9. The molecule has 3 atom stereocenters. The van der Waals surface area contributed by atoms with Crippen LogP contribution in [0.15, 0.2) is 46.9 Å². The van der Waals surface area contributed by atoms with Crippen molar-refractivity contribution in [3.8, 4) is 11.5 Å². The van der Waals surface area contributed by atoms with Gasteiger partial charge < -0.3 is 29.2 Å². The molecule has 2 amide bonds. The summed E-state index contributed by atoms with van der Waals surface area (Å²) in [4.78, 5) is 32.4. The maximum Gasteiger partial charge on any atom is 0.271 e. The van der Waals surface area contributed by atoms with Crippen LogP contribution >= 0.6 is 15.9 Å². The van der Waals surface area contributed by atoms with Crippen LogP contribution in [-0.4, -0.2) is 72.1 Å². The van der Waals surface area contributed by atoms with E-state index in [0.29, 0.717) is 42.1 Å². The van der Waals surface area contributed by atoms with Crippen molar-refractivity contribution in [2.24, 2.45) is 11.8 Å². The highest BCUT2D eigenvalue weighted by Gasteiger charge is 2.48. The summed E-state index contributed by atoms with van der Waals surface area (Å²) in [6.45, 7) is 10.8. The number of fused-ring (bicyclic) bond motifs is 3. The van der Waals surface area contributed by atoms with Crippen molar-refractivity contribution in [2.75, 3.05) is 40.4 Å². The van der Waals surface area contributed by atoms with Crippen molar-refractivity contribution >= 4 is 38.6 Å². The second-order valence-corrected chi connectivity index (χ2v) is 12.9. The maximum atomic E-state index is 14.2. The second-order valence-electron chi connectivity index (χ2n) is 12.0. The second kappa shape index (κ2) is 12.1. The van der Waals surface area contributed by atoms with E-state index in [-0.39, 0.29) is 18.4 Å². The van der Waals surface area contributed by atoms with Crippen molar-refractivity contribution in [3.63, 3.8) is 0 Å². The van der Waals surface area contributed by atoms with Crippen molar-refractivity contribution in [1.82, 2.24) is 19.7 Å². The summed E-state index contributed by atoms with van der Waals surface area (Å²) < 4.78 is 13.9. The Labute approximate surface area is 251 Å². The van der Waals surface area contributed by atoms with Gasteiger partial charge in [0.25, 0.3) is 5.91 Å². The third-order valence-electron chi connectivity index (χ3n) is 8.58. The summed E-state index contributed by atoms with van der Waals surface area (Å²) in [5, 5.41) is 4.12. The van der Waals surface area contributed by atoms with E-state index in [9.17, 15) is 9.59 Å². The molecule has 0 bridgehead atoms. The number of carbonyl (C=O) groups excluding carboxylic acids is 2. The molecule has 3 heterocycles. The van der Waals surface area contributed by atoms with E-state index in [1.54, 1.807) is 19.1 Å². The number of aromatic nitrogens is 1. The van der Waals surface area contributed by atoms with Crippen LogP contribution in [0.1, 0.15) is 49.7 Å². The molecule has 2 aliphatic rings. The molecule has 9 heteroatoms. The molecule has 0 aliphatic carbocycles. The molecule has 1 N–H and O–H groups in total. The van der Waals surface area contributed by atoms with Gasteiger partial charge in [-0.1, -0.05) is 29.8 Å². The van der Waals surface area contributed by atoms with Crippen molar-refractivity contribution in [2.45, 2.75) is 52.2 Å². The Morgan fingerprint density at radius 1 is 1.07 bits per heavy atom. The molecule has 0 radical (unpaired) electrons. The molecule has 5 rings (SSSR count). The third kappa shape index (κ3) is 5.97. The first-order valence-corrected chi connectivity index (χ1v) is 15.2. The fourth-order valence-electron chi connectivity index (χ4n) is 6.62. The number of methoxy groups -OCH3 is 2. The Balaban J connectivity index is 1.42. The van der Waals surface area contributed by atoms with Gasteiger partial charge in [-0.2, -0.15) is 0 Å². The topological polar surface area (TPSA) is 76.0 Å². The van der Waals surface area contributed by atoms with Crippen molar-refractivity contribution in [3.05, 3.63) is 58.2 Å². The minimum atomic E-state index is -1.12. The zero-order valence-corrected chi connectivity index (χ0v) is 26.3. The fraction of sp³-hybridized carbons (Fsp3) is 0.500. The molecule has 1 aromatic heterocycles. The third-order valence-corrected chi connectivity index (χ3v) is 9.07. The lowest BCUT2D eigenvalue weighted by Gasteiger charge is -2.44. The first-order chi connectivity index (χ1) is 19.6.